The average molecular weight is 393 g/mol. The molecule has 0 spiro atoms. The second-order valence-electron chi connectivity index (χ2n) is 5.93. The van der Waals surface area contributed by atoms with Gasteiger partial charge in [0, 0.05) is 24.1 Å². The maximum absolute atomic E-state index is 12.6. The SMILES string of the molecule is COc1cc(NS(=O)(=O)c2ccc(-c3nnc(C(C)C)o3)o2)cc(OC)c1. The Bertz CT molecular complexity index is 1020. The summed E-state index contributed by atoms with van der Waals surface area (Å²) in [6, 6.07) is 7.45. The lowest BCUT2D eigenvalue weighted by Crippen LogP contribution is -2.12. The third-order valence-electron chi connectivity index (χ3n) is 3.60. The van der Waals surface area contributed by atoms with Crippen LogP contribution in [-0.4, -0.2) is 32.8 Å². The van der Waals surface area contributed by atoms with Crippen LogP contribution in [-0.2, 0) is 10.0 Å². The number of hydrogen-bond acceptors (Lipinski definition) is 8. The van der Waals surface area contributed by atoms with Gasteiger partial charge in [0.2, 0.25) is 11.0 Å². The summed E-state index contributed by atoms with van der Waals surface area (Å²) in [5, 5.41) is 7.49. The van der Waals surface area contributed by atoms with E-state index in [1.54, 1.807) is 6.07 Å². The van der Waals surface area contributed by atoms with E-state index in [4.69, 9.17) is 18.3 Å². The van der Waals surface area contributed by atoms with Crippen LogP contribution >= 0.6 is 0 Å². The topological polar surface area (TPSA) is 117 Å². The first-order valence-corrected chi connectivity index (χ1v) is 9.50. The highest BCUT2D eigenvalue weighted by molar-refractivity contribution is 7.92. The van der Waals surface area contributed by atoms with E-state index in [0.29, 0.717) is 17.4 Å². The molecule has 0 aliphatic heterocycles. The van der Waals surface area contributed by atoms with Gasteiger partial charge in [0.1, 0.15) is 11.5 Å². The van der Waals surface area contributed by atoms with Gasteiger partial charge >= 0.3 is 0 Å². The predicted octanol–water partition coefficient (Wildman–Crippen LogP) is 3.27. The monoisotopic (exact) mass is 393 g/mol. The molecule has 0 amide bonds. The van der Waals surface area contributed by atoms with Crippen molar-refractivity contribution < 1.29 is 26.7 Å². The lowest BCUT2D eigenvalue weighted by atomic mass is 10.2. The fraction of sp³-hybridized carbons (Fsp3) is 0.294. The number of rotatable bonds is 7. The Hall–Kier alpha value is -3.01. The zero-order valence-corrected chi connectivity index (χ0v) is 16.0. The Morgan fingerprint density at radius 1 is 1.00 bits per heavy atom. The van der Waals surface area contributed by atoms with Gasteiger partial charge in [-0.1, -0.05) is 13.8 Å². The van der Waals surface area contributed by atoms with Crippen LogP contribution in [0, 0.1) is 0 Å². The molecule has 0 aliphatic carbocycles. The first-order chi connectivity index (χ1) is 12.8. The fourth-order valence-corrected chi connectivity index (χ4v) is 3.19. The highest BCUT2D eigenvalue weighted by atomic mass is 32.2. The maximum atomic E-state index is 12.6. The predicted molar refractivity (Wildman–Crippen MR) is 96.4 cm³/mol. The Morgan fingerprint density at radius 3 is 2.22 bits per heavy atom. The minimum absolute atomic E-state index is 0.0501. The molecule has 0 bridgehead atoms. The van der Waals surface area contributed by atoms with Gasteiger partial charge in [0.15, 0.2) is 5.76 Å². The molecule has 0 radical (unpaired) electrons. The Morgan fingerprint density at radius 2 is 1.67 bits per heavy atom. The van der Waals surface area contributed by atoms with Crippen molar-refractivity contribution in [1.29, 1.82) is 0 Å². The van der Waals surface area contributed by atoms with Crippen LogP contribution in [0.3, 0.4) is 0 Å². The number of aromatic nitrogens is 2. The molecule has 0 atom stereocenters. The smallest absolute Gasteiger partial charge is 0.295 e. The van der Waals surface area contributed by atoms with E-state index in [0.717, 1.165) is 0 Å². The number of nitrogens with zero attached hydrogens (tertiary/aromatic N) is 2. The van der Waals surface area contributed by atoms with Crippen molar-refractivity contribution >= 4 is 15.7 Å². The molecule has 0 unspecified atom stereocenters. The van der Waals surface area contributed by atoms with Gasteiger partial charge in [-0.3, -0.25) is 4.72 Å². The molecular formula is C17H19N3O6S. The summed E-state index contributed by atoms with van der Waals surface area (Å²) in [6.45, 7) is 3.81. The fourth-order valence-electron chi connectivity index (χ4n) is 2.22. The van der Waals surface area contributed by atoms with E-state index in [-0.39, 0.29) is 28.3 Å². The first-order valence-electron chi connectivity index (χ1n) is 8.02. The Balaban J connectivity index is 1.86. The van der Waals surface area contributed by atoms with Gasteiger partial charge in [0.25, 0.3) is 15.9 Å². The molecule has 1 aromatic carbocycles. The average Bonchev–Trinajstić information content (AvgIpc) is 3.30. The number of sulfonamides is 1. The van der Waals surface area contributed by atoms with Gasteiger partial charge in [0.05, 0.1) is 19.9 Å². The molecule has 2 heterocycles. The molecule has 144 valence electrons. The Labute approximate surface area is 156 Å². The molecule has 0 aliphatic rings. The second kappa shape index (κ2) is 7.31. The van der Waals surface area contributed by atoms with Gasteiger partial charge in [-0.05, 0) is 12.1 Å². The largest absolute Gasteiger partial charge is 0.497 e. The summed E-state index contributed by atoms with van der Waals surface area (Å²) < 4.78 is 48.8. The zero-order valence-electron chi connectivity index (χ0n) is 15.2. The quantitative estimate of drug-likeness (QED) is 0.650. The van der Waals surface area contributed by atoms with Crippen LogP contribution in [0.5, 0.6) is 11.5 Å². The minimum Gasteiger partial charge on any atom is -0.497 e. The van der Waals surface area contributed by atoms with Crippen molar-refractivity contribution in [2.75, 3.05) is 18.9 Å². The highest BCUT2D eigenvalue weighted by Gasteiger charge is 2.22. The standard InChI is InChI=1S/C17H19N3O6S/c1-10(2)16-18-19-17(26-16)14-5-6-15(25-14)27(21,22)20-11-7-12(23-3)9-13(8-11)24-4/h5-10,20H,1-4H3. The molecular weight excluding hydrogens is 374 g/mol. The molecule has 10 heteroatoms. The third kappa shape index (κ3) is 4.05. The van der Waals surface area contributed by atoms with Crippen LogP contribution in [0.4, 0.5) is 5.69 Å². The summed E-state index contributed by atoms with van der Waals surface area (Å²) in [7, 11) is -1.03. The van der Waals surface area contributed by atoms with E-state index in [9.17, 15) is 8.42 Å². The molecule has 0 saturated carbocycles. The van der Waals surface area contributed by atoms with E-state index in [1.165, 1.54) is 38.5 Å². The zero-order chi connectivity index (χ0) is 19.6. The summed E-state index contributed by atoms with van der Waals surface area (Å²) in [6.07, 6.45) is 0. The first kappa shape index (κ1) is 18.8. The van der Waals surface area contributed by atoms with Crippen LogP contribution in [0.15, 0.2) is 44.3 Å². The van der Waals surface area contributed by atoms with E-state index in [2.05, 4.69) is 14.9 Å². The minimum atomic E-state index is -3.98. The normalized spacial score (nSPS) is 11.6. The van der Waals surface area contributed by atoms with E-state index >= 15 is 0 Å². The van der Waals surface area contributed by atoms with Crippen LogP contribution in [0.2, 0.25) is 0 Å². The van der Waals surface area contributed by atoms with E-state index in [1.807, 2.05) is 13.8 Å². The molecule has 1 N–H and O–H groups in total. The number of benzene rings is 1. The molecule has 0 fully saturated rings. The second-order valence-corrected chi connectivity index (χ2v) is 7.54. The van der Waals surface area contributed by atoms with Crippen LogP contribution < -0.4 is 14.2 Å². The number of hydrogen-bond donors (Lipinski definition) is 1. The van der Waals surface area contributed by atoms with Crippen molar-refractivity contribution in [3.8, 4) is 23.1 Å². The van der Waals surface area contributed by atoms with Gasteiger partial charge in [-0.15, -0.1) is 10.2 Å². The summed E-state index contributed by atoms with van der Waals surface area (Å²) >= 11 is 0. The number of furan rings is 1. The number of nitrogens with one attached hydrogen (secondary N) is 1. The van der Waals surface area contributed by atoms with Crippen molar-refractivity contribution in [3.05, 3.63) is 36.2 Å². The number of methoxy groups -OCH3 is 2. The highest BCUT2D eigenvalue weighted by Crippen LogP contribution is 2.29. The van der Waals surface area contributed by atoms with E-state index < -0.39 is 10.0 Å². The Kier molecular flexibility index (Phi) is 5.08. The molecule has 3 aromatic rings. The van der Waals surface area contributed by atoms with Crippen molar-refractivity contribution in [1.82, 2.24) is 10.2 Å². The van der Waals surface area contributed by atoms with Crippen molar-refractivity contribution in [3.63, 3.8) is 0 Å². The maximum Gasteiger partial charge on any atom is 0.295 e. The molecule has 3 rings (SSSR count). The van der Waals surface area contributed by atoms with Crippen molar-refractivity contribution in [2.24, 2.45) is 0 Å². The molecule has 0 saturated heterocycles. The van der Waals surface area contributed by atoms with Crippen LogP contribution in [0.1, 0.15) is 25.7 Å². The van der Waals surface area contributed by atoms with Gasteiger partial charge < -0.3 is 18.3 Å². The summed E-state index contributed by atoms with van der Waals surface area (Å²) in [4.78, 5) is 0. The van der Waals surface area contributed by atoms with Crippen LogP contribution in [0.25, 0.3) is 11.7 Å². The molecule has 27 heavy (non-hydrogen) atoms. The third-order valence-corrected chi connectivity index (χ3v) is 4.85. The summed E-state index contributed by atoms with van der Waals surface area (Å²) in [5.74, 6) is 1.65. The van der Waals surface area contributed by atoms with Crippen molar-refractivity contribution in [2.45, 2.75) is 24.9 Å². The van der Waals surface area contributed by atoms with Gasteiger partial charge in [-0.2, -0.15) is 8.42 Å². The van der Waals surface area contributed by atoms with Gasteiger partial charge in [-0.25, -0.2) is 0 Å². The lowest BCUT2D eigenvalue weighted by Gasteiger charge is -2.10. The molecule has 9 nitrogen and oxygen atoms in total. The number of ether oxygens (including phenoxy) is 2. The molecule has 2 aromatic heterocycles. The lowest BCUT2D eigenvalue weighted by molar-refractivity contribution is 0.395. The number of anilines is 1. The summed E-state index contributed by atoms with van der Waals surface area (Å²) in [5.41, 5.74) is 0.268.